The number of nitrogens with one attached hydrogen (secondary N) is 1. The average Bonchev–Trinajstić information content (AvgIpc) is 2.14. The molecule has 0 aliphatic rings. The van der Waals surface area contributed by atoms with Crippen LogP contribution in [0.3, 0.4) is 0 Å². The minimum Gasteiger partial charge on any atom is -0.491 e. The molecule has 0 heterocycles. The van der Waals surface area contributed by atoms with Gasteiger partial charge < -0.3 is 15.8 Å². The molecule has 5 heteroatoms. The second-order valence-corrected chi connectivity index (χ2v) is 5.72. The SMILES string of the molecule is CC(C)Oc1cc(N)cc(NCCS(C)=O)c1. The summed E-state index contributed by atoms with van der Waals surface area (Å²) >= 11 is 0. The van der Waals surface area contributed by atoms with Crippen LogP contribution in [-0.4, -0.2) is 28.9 Å². The van der Waals surface area contributed by atoms with Crippen molar-refractivity contribution in [3.63, 3.8) is 0 Å². The summed E-state index contributed by atoms with van der Waals surface area (Å²) in [6.07, 6.45) is 1.81. The zero-order chi connectivity index (χ0) is 12.8. The Kier molecular flexibility index (Phi) is 5.28. The zero-order valence-corrected chi connectivity index (χ0v) is 11.3. The Hall–Kier alpha value is -1.23. The molecule has 0 bridgehead atoms. The number of nitrogens with two attached hydrogens (primary N) is 1. The first-order chi connectivity index (χ1) is 7.97. The topological polar surface area (TPSA) is 64.3 Å². The summed E-state index contributed by atoms with van der Waals surface area (Å²) in [4.78, 5) is 0. The molecule has 0 aliphatic heterocycles. The van der Waals surface area contributed by atoms with E-state index >= 15 is 0 Å². The van der Waals surface area contributed by atoms with Crippen LogP contribution in [0.2, 0.25) is 0 Å². The summed E-state index contributed by atoms with van der Waals surface area (Å²) in [6, 6.07) is 5.53. The van der Waals surface area contributed by atoms with E-state index in [0.717, 1.165) is 11.4 Å². The zero-order valence-electron chi connectivity index (χ0n) is 10.5. The lowest BCUT2D eigenvalue weighted by atomic mass is 10.2. The van der Waals surface area contributed by atoms with Crippen LogP contribution in [0.25, 0.3) is 0 Å². The van der Waals surface area contributed by atoms with Crippen LogP contribution in [0.15, 0.2) is 18.2 Å². The number of rotatable bonds is 6. The Labute approximate surface area is 105 Å². The standard InChI is InChI=1S/C12H20N2O2S/c1-9(2)16-12-7-10(13)6-11(8-12)14-4-5-17(3)15/h6-9,14H,4-5,13H2,1-3H3. The van der Waals surface area contributed by atoms with Gasteiger partial charge in [0.15, 0.2) is 0 Å². The van der Waals surface area contributed by atoms with E-state index in [-0.39, 0.29) is 6.10 Å². The first-order valence-corrected chi connectivity index (χ1v) is 7.31. The second-order valence-electron chi connectivity index (χ2n) is 4.16. The van der Waals surface area contributed by atoms with Gasteiger partial charge in [0.2, 0.25) is 0 Å². The first kappa shape index (κ1) is 13.8. The number of hydrogen-bond donors (Lipinski definition) is 2. The van der Waals surface area contributed by atoms with Gasteiger partial charge in [-0.3, -0.25) is 4.21 Å². The minimum absolute atomic E-state index is 0.118. The Balaban J connectivity index is 2.65. The lowest BCUT2D eigenvalue weighted by Gasteiger charge is -2.13. The van der Waals surface area contributed by atoms with Crippen LogP contribution in [0.4, 0.5) is 11.4 Å². The van der Waals surface area contributed by atoms with E-state index in [1.165, 1.54) is 0 Å². The number of nitrogen functional groups attached to an aromatic ring is 1. The molecule has 0 amide bonds. The highest BCUT2D eigenvalue weighted by Gasteiger charge is 2.02. The average molecular weight is 256 g/mol. The number of ether oxygens (including phenoxy) is 1. The van der Waals surface area contributed by atoms with E-state index in [1.54, 1.807) is 12.3 Å². The molecule has 17 heavy (non-hydrogen) atoms. The molecule has 1 aromatic rings. The maximum absolute atomic E-state index is 10.9. The van der Waals surface area contributed by atoms with Crippen molar-refractivity contribution in [2.45, 2.75) is 20.0 Å². The fourth-order valence-corrected chi connectivity index (χ4v) is 1.79. The van der Waals surface area contributed by atoms with Crippen molar-refractivity contribution in [3.05, 3.63) is 18.2 Å². The Bertz CT molecular complexity index is 394. The lowest BCUT2D eigenvalue weighted by molar-refractivity contribution is 0.242. The molecule has 0 saturated carbocycles. The third-order valence-corrected chi connectivity index (χ3v) is 2.80. The number of benzene rings is 1. The molecule has 1 rings (SSSR count). The van der Waals surface area contributed by atoms with E-state index in [0.29, 0.717) is 18.0 Å². The van der Waals surface area contributed by atoms with Crippen molar-refractivity contribution in [2.75, 3.05) is 29.6 Å². The van der Waals surface area contributed by atoms with Gasteiger partial charge in [-0.2, -0.15) is 0 Å². The molecule has 96 valence electrons. The molecule has 0 radical (unpaired) electrons. The summed E-state index contributed by atoms with van der Waals surface area (Å²) in [7, 11) is -0.784. The maximum atomic E-state index is 10.9. The van der Waals surface area contributed by atoms with Gasteiger partial charge in [-0.05, 0) is 19.9 Å². The van der Waals surface area contributed by atoms with Crippen LogP contribution in [0.1, 0.15) is 13.8 Å². The fraction of sp³-hybridized carbons (Fsp3) is 0.500. The smallest absolute Gasteiger partial charge is 0.123 e. The van der Waals surface area contributed by atoms with Gasteiger partial charge in [0, 0.05) is 52.9 Å². The maximum Gasteiger partial charge on any atom is 0.123 e. The molecular weight excluding hydrogens is 236 g/mol. The molecule has 0 aliphatic carbocycles. The molecule has 0 saturated heterocycles. The van der Waals surface area contributed by atoms with Crippen molar-refractivity contribution in [2.24, 2.45) is 0 Å². The summed E-state index contributed by atoms with van der Waals surface area (Å²) in [6.45, 7) is 4.60. The van der Waals surface area contributed by atoms with E-state index < -0.39 is 10.8 Å². The summed E-state index contributed by atoms with van der Waals surface area (Å²) in [5.74, 6) is 1.37. The fourth-order valence-electron chi connectivity index (χ4n) is 1.40. The normalized spacial score (nSPS) is 12.5. The van der Waals surface area contributed by atoms with Crippen molar-refractivity contribution in [3.8, 4) is 5.75 Å². The summed E-state index contributed by atoms with van der Waals surface area (Å²) < 4.78 is 16.5. The molecule has 0 fully saturated rings. The highest BCUT2D eigenvalue weighted by molar-refractivity contribution is 7.84. The van der Waals surface area contributed by atoms with Gasteiger partial charge in [-0.15, -0.1) is 0 Å². The van der Waals surface area contributed by atoms with Gasteiger partial charge in [0.05, 0.1) is 6.10 Å². The van der Waals surface area contributed by atoms with Crippen LogP contribution in [0, 0.1) is 0 Å². The van der Waals surface area contributed by atoms with Gasteiger partial charge in [-0.1, -0.05) is 0 Å². The van der Waals surface area contributed by atoms with Crippen LogP contribution >= 0.6 is 0 Å². The molecule has 0 spiro atoms. The van der Waals surface area contributed by atoms with E-state index in [2.05, 4.69) is 5.32 Å². The van der Waals surface area contributed by atoms with Crippen molar-refractivity contribution >= 4 is 22.2 Å². The molecule has 1 aromatic carbocycles. The van der Waals surface area contributed by atoms with Crippen molar-refractivity contribution < 1.29 is 8.95 Å². The largest absolute Gasteiger partial charge is 0.491 e. The Morgan fingerprint density at radius 3 is 2.71 bits per heavy atom. The highest BCUT2D eigenvalue weighted by Crippen LogP contribution is 2.23. The first-order valence-electron chi connectivity index (χ1n) is 5.58. The molecule has 3 N–H and O–H groups in total. The Morgan fingerprint density at radius 2 is 2.12 bits per heavy atom. The number of anilines is 2. The lowest BCUT2D eigenvalue weighted by Crippen LogP contribution is -2.11. The predicted octanol–water partition coefficient (Wildman–Crippen LogP) is 1.85. The predicted molar refractivity (Wildman–Crippen MR) is 74.0 cm³/mol. The third-order valence-electron chi connectivity index (χ3n) is 2.02. The molecule has 1 unspecified atom stereocenters. The second kappa shape index (κ2) is 6.49. The Morgan fingerprint density at radius 1 is 1.41 bits per heavy atom. The van der Waals surface area contributed by atoms with Gasteiger partial charge in [-0.25, -0.2) is 0 Å². The number of hydrogen-bond acceptors (Lipinski definition) is 4. The summed E-state index contributed by atoms with van der Waals surface area (Å²) in [5.41, 5.74) is 7.34. The van der Waals surface area contributed by atoms with Gasteiger partial charge in [0.25, 0.3) is 0 Å². The van der Waals surface area contributed by atoms with Crippen LogP contribution < -0.4 is 15.8 Å². The molecule has 0 aromatic heterocycles. The quantitative estimate of drug-likeness (QED) is 0.762. The summed E-state index contributed by atoms with van der Waals surface area (Å²) in [5, 5.41) is 3.18. The molecule has 4 nitrogen and oxygen atoms in total. The minimum atomic E-state index is -0.784. The van der Waals surface area contributed by atoms with E-state index in [4.69, 9.17) is 10.5 Å². The molecule has 1 atom stereocenters. The van der Waals surface area contributed by atoms with Crippen molar-refractivity contribution in [1.29, 1.82) is 0 Å². The van der Waals surface area contributed by atoms with Crippen LogP contribution in [-0.2, 0) is 10.8 Å². The van der Waals surface area contributed by atoms with E-state index in [9.17, 15) is 4.21 Å². The van der Waals surface area contributed by atoms with Crippen LogP contribution in [0.5, 0.6) is 5.75 Å². The van der Waals surface area contributed by atoms with E-state index in [1.807, 2.05) is 26.0 Å². The van der Waals surface area contributed by atoms with Crippen molar-refractivity contribution in [1.82, 2.24) is 0 Å². The highest BCUT2D eigenvalue weighted by atomic mass is 32.2. The monoisotopic (exact) mass is 256 g/mol. The third kappa shape index (κ3) is 5.58. The van der Waals surface area contributed by atoms with Gasteiger partial charge in [0.1, 0.15) is 5.75 Å². The molecular formula is C12H20N2O2S. The van der Waals surface area contributed by atoms with Gasteiger partial charge >= 0.3 is 0 Å².